The van der Waals surface area contributed by atoms with E-state index in [2.05, 4.69) is 10.3 Å². The van der Waals surface area contributed by atoms with E-state index in [1.807, 2.05) is 49.1 Å². The molecule has 3 aromatic rings. The summed E-state index contributed by atoms with van der Waals surface area (Å²) in [5.74, 6) is -0.111. The van der Waals surface area contributed by atoms with Crippen LogP contribution in [-0.2, 0) is 21.4 Å². The SMILES string of the molecule is Cc1cnc2c(S(=O)(=O)N3CCN(C(C)C(=O)NCc4ccccc4Cl)CC3)cccc2c1. The highest BCUT2D eigenvalue weighted by atomic mass is 35.5. The molecule has 1 saturated heterocycles. The number of carbonyl (C=O) groups is 1. The minimum absolute atomic E-state index is 0.111. The van der Waals surface area contributed by atoms with Crippen molar-refractivity contribution in [1.29, 1.82) is 0 Å². The van der Waals surface area contributed by atoms with Crippen molar-refractivity contribution < 1.29 is 13.2 Å². The Balaban J connectivity index is 1.40. The third kappa shape index (κ3) is 5.04. The van der Waals surface area contributed by atoms with Crippen molar-refractivity contribution in [2.45, 2.75) is 31.3 Å². The first kappa shape index (κ1) is 23.6. The standard InChI is InChI=1S/C24H27ClN4O3S/c1-17-14-19-7-5-9-22(23(19)26-15-17)33(31,32)29-12-10-28(11-13-29)18(2)24(30)27-16-20-6-3-4-8-21(20)25/h3-9,14-15,18H,10-13,16H2,1-2H3,(H,27,30). The highest BCUT2D eigenvalue weighted by Crippen LogP contribution is 2.26. The predicted molar refractivity (Wildman–Crippen MR) is 130 cm³/mol. The lowest BCUT2D eigenvalue weighted by molar-refractivity contribution is -0.126. The van der Waals surface area contributed by atoms with Gasteiger partial charge in [0.05, 0.1) is 11.6 Å². The topological polar surface area (TPSA) is 82.6 Å². The predicted octanol–water partition coefficient (Wildman–Crippen LogP) is 3.21. The lowest BCUT2D eigenvalue weighted by atomic mass is 10.2. The third-order valence-corrected chi connectivity index (χ3v) is 8.34. The van der Waals surface area contributed by atoms with E-state index in [4.69, 9.17) is 11.6 Å². The molecule has 1 amide bonds. The van der Waals surface area contributed by atoms with Crippen LogP contribution in [0.5, 0.6) is 0 Å². The second kappa shape index (κ2) is 9.77. The van der Waals surface area contributed by atoms with Crippen LogP contribution in [0.1, 0.15) is 18.1 Å². The molecule has 0 radical (unpaired) electrons. The molecule has 1 N–H and O–H groups in total. The summed E-state index contributed by atoms with van der Waals surface area (Å²) in [4.78, 5) is 19.3. The van der Waals surface area contributed by atoms with Crippen molar-refractivity contribution in [1.82, 2.24) is 19.5 Å². The number of aromatic nitrogens is 1. The summed E-state index contributed by atoms with van der Waals surface area (Å²) in [5, 5.41) is 4.34. The van der Waals surface area contributed by atoms with E-state index < -0.39 is 10.0 Å². The van der Waals surface area contributed by atoms with Crippen molar-refractivity contribution in [3.8, 4) is 0 Å². The van der Waals surface area contributed by atoms with Gasteiger partial charge < -0.3 is 5.32 Å². The molecule has 2 heterocycles. The fourth-order valence-corrected chi connectivity index (χ4v) is 5.85. The van der Waals surface area contributed by atoms with Gasteiger partial charge in [-0.25, -0.2) is 8.42 Å². The lowest BCUT2D eigenvalue weighted by Gasteiger charge is -2.36. The van der Waals surface area contributed by atoms with E-state index in [1.165, 1.54) is 4.31 Å². The summed E-state index contributed by atoms with van der Waals surface area (Å²) < 4.78 is 28.2. The molecular formula is C24H27ClN4O3S. The molecule has 4 rings (SSSR count). The Hall–Kier alpha value is -2.52. The Labute approximate surface area is 199 Å². The first-order valence-electron chi connectivity index (χ1n) is 10.9. The van der Waals surface area contributed by atoms with Crippen LogP contribution in [-0.4, -0.2) is 60.7 Å². The second-order valence-corrected chi connectivity index (χ2v) is 10.6. The van der Waals surface area contributed by atoms with Gasteiger partial charge in [0, 0.05) is 49.3 Å². The van der Waals surface area contributed by atoms with Crippen LogP contribution >= 0.6 is 11.6 Å². The maximum atomic E-state index is 13.4. The van der Waals surface area contributed by atoms with Crippen molar-refractivity contribution in [2.24, 2.45) is 0 Å². The molecule has 7 nitrogen and oxygen atoms in total. The van der Waals surface area contributed by atoms with Crippen molar-refractivity contribution in [3.63, 3.8) is 0 Å². The van der Waals surface area contributed by atoms with Gasteiger partial charge in [-0.2, -0.15) is 4.31 Å². The quantitative estimate of drug-likeness (QED) is 0.578. The number of carbonyl (C=O) groups excluding carboxylic acids is 1. The lowest BCUT2D eigenvalue weighted by Crippen LogP contribution is -2.54. The van der Waals surface area contributed by atoms with Gasteiger partial charge in [-0.15, -0.1) is 0 Å². The van der Waals surface area contributed by atoms with E-state index in [1.54, 1.807) is 24.4 Å². The zero-order valence-corrected chi connectivity index (χ0v) is 20.2. The van der Waals surface area contributed by atoms with Gasteiger partial charge in [-0.3, -0.25) is 14.7 Å². The molecule has 1 atom stereocenters. The van der Waals surface area contributed by atoms with Gasteiger partial charge in [0.25, 0.3) is 0 Å². The van der Waals surface area contributed by atoms with Crippen LogP contribution in [0.4, 0.5) is 0 Å². The number of fused-ring (bicyclic) bond motifs is 1. The fraction of sp³-hybridized carbons (Fsp3) is 0.333. The summed E-state index contributed by atoms with van der Waals surface area (Å²) in [6.07, 6.45) is 1.68. The zero-order valence-electron chi connectivity index (χ0n) is 18.7. The van der Waals surface area contributed by atoms with Crippen molar-refractivity contribution >= 4 is 38.4 Å². The van der Waals surface area contributed by atoms with Gasteiger partial charge in [-0.1, -0.05) is 41.9 Å². The summed E-state index contributed by atoms with van der Waals surface area (Å²) in [6.45, 7) is 5.68. The Kier molecular flexibility index (Phi) is 6.99. The number of sulfonamides is 1. The van der Waals surface area contributed by atoms with E-state index >= 15 is 0 Å². The van der Waals surface area contributed by atoms with Gasteiger partial charge in [0.15, 0.2) is 0 Å². The molecule has 1 unspecified atom stereocenters. The van der Waals surface area contributed by atoms with Crippen LogP contribution < -0.4 is 5.32 Å². The van der Waals surface area contributed by atoms with Crippen molar-refractivity contribution in [3.05, 3.63) is 70.9 Å². The smallest absolute Gasteiger partial charge is 0.245 e. The van der Waals surface area contributed by atoms with Crippen LogP contribution in [0.2, 0.25) is 5.02 Å². The van der Waals surface area contributed by atoms with Gasteiger partial charge in [-0.05, 0) is 43.2 Å². The number of nitrogens with zero attached hydrogens (tertiary/aromatic N) is 3. The Morgan fingerprint density at radius 1 is 1.12 bits per heavy atom. The number of aryl methyl sites for hydroxylation is 1. The second-order valence-electron chi connectivity index (χ2n) is 8.27. The number of piperazine rings is 1. The third-order valence-electron chi connectivity index (χ3n) is 6.04. The Morgan fingerprint density at radius 3 is 2.58 bits per heavy atom. The molecule has 0 aliphatic carbocycles. The van der Waals surface area contributed by atoms with E-state index in [9.17, 15) is 13.2 Å². The Morgan fingerprint density at radius 2 is 1.85 bits per heavy atom. The minimum atomic E-state index is -3.69. The number of para-hydroxylation sites is 1. The highest BCUT2D eigenvalue weighted by molar-refractivity contribution is 7.89. The average molecular weight is 487 g/mol. The number of nitrogens with one attached hydrogen (secondary N) is 1. The van der Waals surface area contributed by atoms with Crippen LogP contribution in [0.3, 0.4) is 0 Å². The summed E-state index contributed by atoms with van der Waals surface area (Å²) in [5.41, 5.74) is 2.32. The zero-order chi connectivity index (χ0) is 23.6. The molecule has 33 heavy (non-hydrogen) atoms. The van der Waals surface area contributed by atoms with Crippen molar-refractivity contribution in [2.75, 3.05) is 26.2 Å². The molecule has 1 aromatic heterocycles. The van der Waals surface area contributed by atoms with Gasteiger partial charge in [0.1, 0.15) is 4.90 Å². The molecule has 1 aliphatic heterocycles. The van der Waals surface area contributed by atoms with E-state index in [0.29, 0.717) is 43.3 Å². The molecule has 174 valence electrons. The number of halogens is 1. The minimum Gasteiger partial charge on any atom is -0.351 e. The number of pyridine rings is 1. The average Bonchev–Trinajstić information content (AvgIpc) is 2.82. The molecular weight excluding hydrogens is 460 g/mol. The first-order valence-corrected chi connectivity index (χ1v) is 12.7. The fourth-order valence-electron chi connectivity index (χ4n) is 4.06. The number of hydrogen-bond donors (Lipinski definition) is 1. The molecule has 0 spiro atoms. The maximum absolute atomic E-state index is 13.4. The van der Waals surface area contributed by atoms with Crippen LogP contribution in [0.25, 0.3) is 10.9 Å². The van der Waals surface area contributed by atoms with Gasteiger partial charge in [0.2, 0.25) is 15.9 Å². The number of hydrogen-bond acceptors (Lipinski definition) is 5. The van der Waals surface area contributed by atoms with E-state index in [-0.39, 0.29) is 16.8 Å². The molecule has 9 heteroatoms. The number of benzene rings is 2. The highest BCUT2D eigenvalue weighted by Gasteiger charge is 2.32. The Bertz CT molecular complexity index is 1270. The van der Waals surface area contributed by atoms with Crippen LogP contribution in [0, 0.1) is 6.92 Å². The first-order chi connectivity index (χ1) is 15.8. The molecule has 0 saturated carbocycles. The monoisotopic (exact) mass is 486 g/mol. The summed E-state index contributed by atoms with van der Waals surface area (Å²) in [7, 11) is -3.69. The molecule has 1 fully saturated rings. The maximum Gasteiger partial charge on any atom is 0.245 e. The summed E-state index contributed by atoms with van der Waals surface area (Å²) in [6, 6.07) is 14.2. The van der Waals surface area contributed by atoms with Gasteiger partial charge >= 0.3 is 0 Å². The van der Waals surface area contributed by atoms with Crippen LogP contribution in [0.15, 0.2) is 59.6 Å². The summed E-state index contributed by atoms with van der Waals surface area (Å²) >= 11 is 6.16. The molecule has 1 aliphatic rings. The molecule has 0 bridgehead atoms. The van der Waals surface area contributed by atoms with E-state index in [0.717, 1.165) is 16.5 Å². The molecule has 2 aromatic carbocycles. The normalized spacial score (nSPS) is 16.6. The largest absolute Gasteiger partial charge is 0.351 e. The number of amides is 1. The number of rotatable bonds is 6.